The van der Waals surface area contributed by atoms with E-state index >= 15 is 0 Å². The minimum absolute atomic E-state index is 0. The predicted molar refractivity (Wildman–Crippen MR) is 113 cm³/mol. The SMILES string of the molecule is CCc1nncn1CCNC(=NC)N1CCC(C)C(n2ccnc2)C1.I. The monoisotopic (exact) mass is 472 g/mol. The lowest BCUT2D eigenvalue weighted by Crippen LogP contribution is -2.49. The van der Waals surface area contributed by atoms with E-state index < -0.39 is 0 Å². The van der Waals surface area contributed by atoms with Gasteiger partial charge in [-0.15, -0.1) is 34.2 Å². The minimum atomic E-state index is 0. The maximum Gasteiger partial charge on any atom is 0.193 e. The molecule has 3 heterocycles. The normalized spacial score (nSPS) is 20.7. The number of guanidine groups is 1. The second-order valence-electron chi connectivity index (χ2n) is 6.56. The van der Waals surface area contributed by atoms with Gasteiger partial charge < -0.3 is 19.4 Å². The number of nitrogens with zero attached hydrogens (tertiary/aromatic N) is 7. The second-order valence-corrected chi connectivity index (χ2v) is 6.56. The van der Waals surface area contributed by atoms with Crippen LogP contribution in [0.15, 0.2) is 30.0 Å². The molecule has 0 aliphatic carbocycles. The highest BCUT2D eigenvalue weighted by Gasteiger charge is 2.28. The summed E-state index contributed by atoms with van der Waals surface area (Å²) < 4.78 is 4.31. The summed E-state index contributed by atoms with van der Waals surface area (Å²) in [6, 6.07) is 0.430. The zero-order chi connectivity index (χ0) is 17.6. The Balaban J connectivity index is 0.00000243. The van der Waals surface area contributed by atoms with Crippen molar-refractivity contribution in [3.8, 4) is 0 Å². The zero-order valence-corrected chi connectivity index (χ0v) is 18.1. The highest BCUT2D eigenvalue weighted by molar-refractivity contribution is 14.0. The van der Waals surface area contributed by atoms with Crippen molar-refractivity contribution in [2.45, 2.75) is 39.3 Å². The summed E-state index contributed by atoms with van der Waals surface area (Å²) in [5, 5.41) is 11.6. The van der Waals surface area contributed by atoms with E-state index in [2.05, 4.69) is 59.6 Å². The molecule has 1 aliphatic rings. The maximum absolute atomic E-state index is 4.48. The number of piperidine rings is 1. The fraction of sp³-hybridized carbons (Fsp3) is 0.647. The Bertz CT molecular complexity index is 681. The molecule has 144 valence electrons. The molecule has 1 N–H and O–H groups in total. The lowest BCUT2D eigenvalue weighted by Gasteiger charge is -2.39. The number of halogens is 1. The van der Waals surface area contributed by atoms with Crippen LogP contribution < -0.4 is 5.32 Å². The Morgan fingerprint density at radius 2 is 2.23 bits per heavy atom. The Kier molecular flexibility index (Phi) is 7.85. The molecule has 1 saturated heterocycles. The molecule has 2 aromatic rings. The van der Waals surface area contributed by atoms with E-state index in [1.54, 1.807) is 6.33 Å². The van der Waals surface area contributed by atoms with Gasteiger partial charge in [-0.1, -0.05) is 13.8 Å². The van der Waals surface area contributed by atoms with Crippen molar-refractivity contribution in [3.63, 3.8) is 0 Å². The third kappa shape index (κ3) is 4.74. The number of rotatable bonds is 5. The average molecular weight is 472 g/mol. The summed E-state index contributed by atoms with van der Waals surface area (Å²) in [6.45, 7) is 8.03. The second kappa shape index (κ2) is 9.89. The van der Waals surface area contributed by atoms with Gasteiger partial charge in [0.15, 0.2) is 5.96 Å². The molecule has 0 radical (unpaired) electrons. The van der Waals surface area contributed by atoms with Crippen LogP contribution in [0.5, 0.6) is 0 Å². The fourth-order valence-electron chi connectivity index (χ4n) is 3.45. The summed E-state index contributed by atoms with van der Waals surface area (Å²) >= 11 is 0. The largest absolute Gasteiger partial charge is 0.354 e. The van der Waals surface area contributed by atoms with Gasteiger partial charge in [0.25, 0.3) is 0 Å². The van der Waals surface area contributed by atoms with Crippen LogP contribution in [0.4, 0.5) is 0 Å². The summed E-state index contributed by atoms with van der Waals surface area (Å²) in [4.78, 5) is 11.0. The van der Waals surface area contributed by atoms with Gasteiger partial charge in [-0.05, 0) is 12.3 Å². The number of nitrogens with one attached hydrogen (secondary N) is 1. The number of hydrogen-bond acceptors (Lipinski definition) is 4. The van der Waals surface area contributed by atoms with Crippen LogP contribution in [0.2, 0.25) is 0 Å². The summed E-state index contributed by atoms with van der Waals surface area (Å²) in [6.07, 6.45) is 9.66. The minimum Gasteiger partial charge on any atom is -0.354 e. The smallest absolute Gasteiger partial charge is 0.193 e. The number of hydrogen-bond donors (Lipinski definition) is 1. The van der Waals surface area contributed by atoms with Crippen LogP contribution in [-0.2, 0) is 13.0 Å². The van der Waals surface area contributed by atoms with E-state index in [0.717, 1.165) is 50.8 Å². The van der Waals surface area contributed by atoms with Crippen molar-refractivity contribution in [3.05, 3.63) is 30.9 Å². The first-order chi connectivity index (χ1) is 12.2. The van der Waals surface area contributed by atoms with Crippen LogP contribution in [0, 0.1) is 5.92 Å². The Hall–Kier alpha value is -1.65. The number of imidazole rings is 1. The van der Waals surface area contributed by atoms with Crippen molar-refractivity contribution in [2.24, 2.45) is 10.9 Å². The van der Waals surface area contributed by atoms with Crippen LogP contribution >= 0.6 is 24.0 Å². The standard InChI is InChI=1S/C17H28N8.HI/c1-4-16-22-21-13-25(16)10-7-20-17(18-3)23-8-5-14(2)15(11-23)24-9-6-19-12-24;/h6,9,12-15H,4-5,7-8,10-11H2,1-3H3,(H,18,20);1H. The number of likely N-dealkylation sites (tertiary alicyclic amines) is 1. The van der Waals surface area contributed by atoms with Crippen LogP contribution in [0.25, 0.3) is 0 Å². The summed E-state index contributed by atoms with van der Waals surface area (Å²) in [5.41, 5.74) is 0. The van der Waals surface area contributed by atoms with Crippen molar-refractivity contribution in [2.75, 3.05) is 26.7 Å². The number of aromatic nitrogens is 5. The maximum atomic E-state index is 4.48. The van der Waals surface area contributed by atoms with Crippen LogP contribution in [0.1, 0.15) is 32.1 Å². The molecule has 0 amide bonds. The molecule has 0 saturated carbocycles. The highest BCUT2D eigenvalue weighted by Crippen LogP contribution is 2.27. The molecule has 1 aliphatic heterocycles. The molecular weight excluding hydrogens is 443 g/mol. The molecule has 9 heteroatoms. The Morgan fingerprint density at radius 1 is 1.38 bits per heavy atom. The van der Waals surface area contributed by atoms with Crippen molar-refractivity contribution < 1.29 is 0 Å². The third-order valence-corrected chi connectivity index (χ3v) is 4.99. The molecule has 26 heavy (non-hydrogen) atoms. The van der Waals surface area contributed by atoms with E-state index in [1.807, 2.05) is 19.6 Å². The molecule has 1 fully saturated rings. The quantitative estimate of drug-likeness (QED) is 0.408. The van der Waals surface area contributed by atoms with Gasteiger partial charge in [0, 0.05) is 52.0 Å². The first-order valence-corrected chi connectivity index (χ1v) is 9.02. The van der Waals surface area contributed by atoms with E-state index in [9.17, 15) is 0 Å². The molecule has 8 nitrogen and oxygen atoms in total. The van der Waals surface area contributed by atoms with Gasteiger partial charge in [0.2, 0.25) is 0 Å². The molecule has 0 aromatic carbocycles. The molecule has 0 spiro atoms. The first kappa shape index (κ1) is 20.7. The fourth-order valence-corrected chi connectivity index (χ4v) is 3.45. The average Bonchev–Trinajstić information content (AvgIpc) is 3.31. The predicted octanol–water partition coefficient (Wildman–Crippen LogP) is 1.81. The van der Waals surface area contributed by atoms with Gasteiger partial charge in [-0.3, -0.25) is 4.99 Å². The van der Waals surface area contributed by atoms with E-state index in [0.29, 0.717) is 12.0 Å². The lowest BCUT2D eigenvalue weighted by molar-refractivity contribution is 0.189. The van der Waals surface area contributed by atoms with Gasteiger partial charge in [-0.2, -0.15) is 0 Å². The Labute approximate surface area is 172 Å². The zero-order valence-electron chi connectivity index (χ0n) is 15.7. The molecule has 2 unspecified atom stereocenters. The van der Waals surface area contributed by atoms with E-state index in [-0.39, 0.29) is 24.0 Å². The highest BCUT2D eigenvalue weighted by atomic mass is 127. The molecule has 2 atom stereocenters. The van der Waals surface area contributed by atoms with E-state index in [4.69, 9.17) is 0 Å². The molecular formula is C17H29IN8. The topological polar surface area (TPSA) is 76.2 Å². The van der Waals surface area contributed by atoms with Crippen LogP contribution in [0.3, 0.4) is 0 Å². The lowest BCUT2D eigenvalue weighted by atomic mass is 9.93. The van der Waals surface area contributed by atoms with Crippen molar-refractivity contribution in [1.82, 2.24) is 34.5 Å². The summed E-state index contributed by atoms with van der Waals surface area (Å²) in [7, 11) is 1.85. The van der Waals surface area contributed by atoms with Gasteiger partial charge in [-0.25, -0.2) is 4.98 Å². The number of aryl methyl sites for hydroxylation is 1. The van der Waals surface area contributed by atoms with E-state index in [1.165, 1.54) is 0 Å². The Morgan fingerprint density at radius 3 is 2.92 bits per heavy atom. The van der Waals surface area contributed by atoms with Gasteiger partial charge in [0.1, 0.15) is 12.2 Å². The molecule has 2 aromatic heterocycles. The molecule has 3 rings (SSSR count). The first-order valence-electron chi connectivity index (χ1n) is 9.02. The van der Waals surface area contributed by atoms with Crippen LogP contribution in [-0.4, -0.2) is 61.9 Å². The van der Waals surface area contributed by atoms with Gasteiger partial charge >= 0.3 is 0 Å². The molecule has 0 bridgehead atoms. The van der Waals surface area contributed by atoms with Crippen molar-refractivity contribution in [1.29, 1.82) is 0 Å². The third-order valence-electron chi connectivity index (χ3n) is 4.99. The van der Waals surface area contributed by atoms with Gasteiger partial charge in [0.05, 0.1) is 12.4 Å². The summed E-state index contributed by atoms with van der Waals surface area (Å²) in [5.74, 6) is 2.61. The number of aliphatic imine (C=N–C) groups is 1. The van der Waals surface area contributed by atoms with Crippen molar-refractivity contribution >= 4 is 29.9 Å².